The minimum Gasteiger partial charge on any atom is -0.368 e. The van der Waals surface area contributed by atoms with E-state index in [9.17, 15) is 14.4 Å². The number of anilines is 1. The minimum atomic E-state index is -0.463. The van der Waals surface area contributed by atoms with Gasteiger partial charge in [-0.1, -0.05) is 11.6 Å². The number of halogens is 2. The summed E-state index contributed by atoms with van der Waals surface area (Å²) in [4.78, 5) is 20.4. The van der Waals surface area contributed by atoms with Crippen LogP contribution in [0.15, 0.2) is 18.3 Å². The lowest BCUT2D eigenvalue weighted by Crippen LogP contribution is -2.36. The van der Waals surface area contributed by atoms with E-state index in [1.165, 1.54) is 18.3 Å². The van der Waals surface area contributed by atoms with Gasteiger partial charge in [0.25, 0.3) is 0 Å². The van der Waals surface area contributed by atoms with Gasteiger partial charge in [-0.15, -0.1) is 0 Å². The van der Waals surface area contributed by atoms with Gasteiger partial charge in [0.15, 0.2) is 0 Å². The molecule has 7 heteroatoms. The number of benzene rings is 1. The van der Waals surface area contributed by atoms with Crippen molar-refractivity contribution < 1.29 is 9.18 Å². The van der Waals surface area contributed by atoms with Crippen LogP contribution in [-0.2, 0) is 4.79 Å². The van der Waals surface area contributed by atoms with Gasteiger partial charge in [0.2, 0.25) is 5.91 Å². The molecule has 4 rings (SSSR count). The van der Waals surface area contributed by atoms with Crippen molar-refractivity contribution in [1.29, 1.82) is 5.26 Å². The molecule has 0 radical (unpaired) electrons. The SMILES string of the molecule is N#Cc1cnc2c(F)ccc(Cl)c2c1N1CCCN(C(=O)C2CC2)CC1. The number of nitriles is 1. The van der Waals surface area contributed by atoms with E-state index in [2.05, 4.69) is 11.1 Å². The average Bonchev–Trinajstić information content (AvgIpc) is 3.50. The third kappa shape index (κ3) is 2.97. The van der Waals surface area contributed by atoms with E-state index in [0.29, 0.717) is 47.8 Å². The number of hydrogen-bond donors (Lipinski definition) is 0. The van der Waals surface area contributed by atoms with Crippen LogP contribution < -0.4 is 4.90 Å². The molecule has 0 atom stereocenters. The molecule has 0 spiro atoms. The predicted molar refractivity (Wildman–Crippen MR) is 97.6 cm³/mol. The fraction of sp³-hybridized carbons (Fsp3) is 0.421. The zero-order valence-corrected chi connectivity index (χ0v) is 15.0. The Morgan fingerprint density at radius 2 is 2.08 bits per heavy atom. The van der Waals surface area contributed by atoms with Crippen LogP contribution in [0.3, 0.4) is 0 Å². The van der Waals surface area contributed by atoms with Gasteiger partial charge in [-0.2, -0.15) is 5.26 Å². The highest BCUT2D eigenvalue weighted by Crippen LogP contribution is 2.36. The molecular formula is C19H18ClFN4O. The van der Waals surface area contributed by atoms with Crippen LogP contribution in [0.4, 0.5) is 10.1 Å². The van der Waals surface area contributed by atoms with Gasteiger partial charge in [0.1, 0.15) is 17.4 Å². The molecule has 1 amide bonds. The van der Waals surface area contributed by atoms with Crippen molar-refractivity contribution in [2.75, 3.05) is 31.1 Å². The van der Waals surface area contributed by atoms with Gasteiger partial charge in [-0.3, -0.25) is 9.78 Å². The Morgan fingerprint density at radius 3 is 2.81 bits per heavy atom. The summed E-state index contributed by atoms with van der Waals surface area (Å²) in [5.74, 6) is -0.0342. The monoisotopic (exact) mass is 372 g/mol. The second-order valence-electron chi connectivity index (χ2n) is 6.83. The molecule has 1 aromatic heterocycles. The van der Waals surface area contributed by atoms with Gasteiger partial charge in [-0.05, 0) is 31.4 Å². The Labute approximate surface area is 156 Å². The van der Waals surface area contributed by atoms with Gasteiger partial charge in [0.05, 0.1) is 16.3 Å². The van der Waals surface area contributed by atoms with E-state index in [0.717, 1.165) is 19.3 Å². The lowest BCUT2D eigenvalue weighted by molar-refractivity contribution is -0.132. The van der Waals surface area contributed by atoms with Gasteiger partial charge >= 0.3 is 0 Å². The number of aromatic nitrogens is 1. The van der Waals surface area contributed by atoms with Crippen molar-refractivity contribution in [3.63, 3.8) is 0 Å². The maximum atomic E-state index is 14.2. The summed E-state index contributed by atoms with van der Waals surface area (Å²) < 4.78 is 14.2. The second kappa shape index (κ2) is 6.73. The molecule has 134 valence electrons. The van der Waals surface area contributed by atoms with Crippen LogP contribution in [0.25, 0.3) is 10.9 Å². The number of amides is 1. The molecule has 1 saturated carbocycles. The number of hydrogen-bond acceptors (Lipinski definition) is 4. The molecule has 26 heavy (non-hydrogen) atoms. The van der Waals surface area contributed by atoms with Crippen molar-refractivity contribution in [2.24, 2.45) is 5.92 Å². The first kappa shape index (κ1) is 17.0. The molecule has 2 aliphatic rings. The van der Waals surface area contributed by atoms with E-state index >= 15 is 0 Å². The molecule has 1 aliphatic heterocycles. The summed E-state index contributed by atoms with van der Waals surface area (Å²) in [6.07, 6.45) is 4.16. The van der Waals surface area contributed by atoms with Crippen LogP contribution in [0.5, 0.6) is 0 Å². The van der Waals surface area contributed by atoms with E-state index in [4.69, 9.17) is 11.6 Å². The Kier molecular flexibility index (Phi) is 4.41. The van der Waals surface area contributed by atoms with Crippen molar-refractivity contribution in [1.82, 2.24) is 9.88 Å². The molecule has 1 saturated heterocycles. The number of nitrogens with zero attached hydrogens (tertiary/aromatic N) is 4. The topological polar surface area (TPSA) is 60.2 Å². The number of pyridine rings is 1. The van der Waals surface area contributed by atoms with Crippen LogP contribution in [-0.4, -0.2) is 42.0 Å². The number of carbonyl (C=O) groups excluding carboxylic acids is 1. The summed E-state index contributed by atoms with van der Waals surface area (Å²) in [5, 5.41) is 10.4. The maximum Gasteiger partial charge on any atom is 0.225 e. The van der Waals surface area contributed by atoms with Crippen LogP contribution in [0, 0.1) is 23.1 Å². The summed E-state index contributed by atoms with van der Waals surface area (Å²) in [7, 11) is 0. The largest absolute Gasteiger partial charge is 0.368 e. The quantitative estimate of drug-likeness (QED) is 0.811. The summed E-state index contributed by atoms with van der Waals surface area (Å²) in [6.45, 7) is 2.56. The van der Waals surface area contributed by atoms with Crippen LogP contribution >= 0.6 is 11.6 Å². The van der Waals surface area contributed by atoms with Crippen molar-refractivity contribution in [3.05, 3.63) is 34.7 Å². The van der Waals surface area contributed by atoms with Crippen molar-refractivity contribution >= 4 is 34.1 Å². The molecule has 0 N–H and O–H groups in total. The average molecular weight is 373 g/mol. The third-order valence-corrected chi connectivity index (χ3v) is 5.38. The zero-order chi connectivity index (χ0) is 18.3. The zero-order valence-electron chi connectivity index (χ0n) is 14.2. The van der Waals surface area contributed by atoms with E-state index < -0.39 is 5.82 Å². The highest BCUT2D eigenvalue weighted by atomic mass is 35.5. The van der Waals surface area contributed by atoms with Crippen molar-refractivity contribution in [2.45, 2.75) is 19.3 Å². The van der Waals surface area contributed by atoms with E-state index in [1.54, 1.807) is 0 Å². The molecule has 5 nitrogen and oxygen atoms in total. The Balaban J connectivity index is 1.72. The lowest BCUT2D eigenvalue weighted by Gasteiger charge is -2.26. The maximum absolute atomic E-state index is 14.2. The smallest absolute Gasteiger partial charge is 0.225 e. The Hall–Kier alpha value is -2.39. The molecule has 0 unspecified atom stereocenters. The van der Waals surface area contributed by atoms with Gasteiger partial charge in [-0.25, -0.2) is 4.39 Å². The summed E-state index contributed by atoms with van der Waals surface area (Å²) in [5.41, 5.74) is 1.15. The van der Waals surface area contributed by atoms with Crippen LogP contribution in [0.1, 0.15) is 24.8 Å². The predicted octanol–water partition coefficient (Wildman–Crippen LogP) is 3.35. The standard InChI is InChI=1S/C19H18ClFN4O/c20-14-4-5-15(21)17-16(14)18(13(10-22)11-23-17)24-6-1-7-25(9-8-24)19(26)12-2-3-12/h4-5,11-12H,1-3,6-9H2. The van der Waals surface area contributed by atoms with Gasteiger partial charge in [0, 0.05) is 43.7 Å². The molecular weight excluding hydrogens is 355 g/mol. The third-order valence-electron chi connectivity index (χ3n) is 5.06. The van der Waals surface area contributed by atoms with E-state index in [1.807, 2.05) is 9.80 Å². The minimum absolute atomic E-state index is 0.168. The molecule has 2 fully saturated rings. The molecule has 0 bridgehead atoms. The van der Waals surface area contributed by atoms with E-state index in [-0.39, 0.29) is 17.3 Å². The lowest BCUT2D eigenvalue weighted by atomic mass is 10.1. The normalized spacial score (nSPS) is 17.9. The highest BCUT2D eigenvalue weighted by Gasteiger charge is 2.34. The Morgan fingerprint density at radius 1 is 1.27 bits per heavy atom. The summed E-state index contributed by atoms with van der Waals surface area (Å²) >= 11 is 6.34. The molecule has 1 aromatic carbocycles. The van der Waals surface area contributed by atoms with Gasteiger partial charge < -0.3 is 9.80 Å². The Bertz CT molecular complexity index is 922. The first-order valence-electron chi connectivity index (χ1n) is 8.80. The molecule has 2 heterocycles. The first-order valence-corrected chi connectivity index (χ1v) is 9.18. The number of carbonyl (C=O) groups is 1. The highest BCUT2D eigenvalue weighted by molar-refractivity contribution is 6.36. The molecule has 1 aliphatic carbocycles. The van der Waals surface area contributed by atoms with Crippen molar-refractivity contribution in [3.8, 4) is 6.07 Å². The van der Waals surface area contributed by atoms with Crippen LogP contribution in [0.2, 0.25) is 5.02 Å². The summed E-state index contributed by atoms with van der Waals surface area (Å²) in [6, 6.07) is 4.92. The number of rotatable bonds is 2. The fourth-order valence-electron chi connectivity index (χ4n) is 3.58. The molecule has 2 aromatic rings. The number of fused-ring (bicyclic) bond motifs is 1. The first-order chi connectivity index (χ1) is 12.6. The fourth-order valence-corrected chi connectivity index (χ4v) is 3.82. The second-order valence-corrected chi connectivity index (χ2v) is 7.23.